The fourth-order valence-corrected chi connectivity index (χ4v) is 2.46. The predicted molar refractivity (Wildman–Crippen MR) is 86.2 cm³/mol. The van der Waals surface area contributed by atoms with Crippen LogP contribution in [0.5, 0.6) is 0 Å². The lowest BCUT2D eigenvalue weighted by Gasteiger charge is -2.31. The van der Waals surface area contributed by atoms with Crippen LogP contribution >= 0.6 is 11.6 Å². The number of anilines is 1. The Kier molecular flexibility index (Phi) is 6.67. The Labute approximate surface area is 123 Å². The summed E-state index contributed by atoms with van der Waals surface area (Å²) in [4.78, 5) is 2.38. The van der Waals surface area contributed by atoms with Gasteiger partial charge in [0.25, 0.3) is 0 Å². The molecular formula is C16H27ClN2. The van der Waals surface area contributed by atoms with Crippen molar-refractivity contribution in [2.45, 2.75) is 47.2 Å². The van der Waals surface area contributed by atoms with Gasteiger partial charge in [0.1, 0.15) is 0 Å². The first-order valence-electron chi connectivity index (χ1n) is 7.21. The van der Waals surface area contributed by atoms with Gasteiger partial charge in [-0.15, -0.1) is 0 Å². The molecular weight excluding hydrogens is 256 g/mol. The molecule has 0 saturated carbocycles. The number of nitrogens with one attached hydrogen (secondary N) is 1. The molecule has 108 valence electrons. The molecule has 0 spiro atoms. The van der Waals surface area contributed by atoms with Crippen LogP contribution in [0.1, 0.15) is 40.2 Å². The molecule has 0 aliphatic heterocycles. The van der Waals surface area contributed by atoms with Crippen LogP contribution in [0.2, 0.25) is 5.02 Å². The largest absolute Gasteiger partial charge is 0.368 e. The van der Waals surface area contributed by atoms with E-state index in [1.807, 2.05) is 0 Å². The molecule has 0 radical (unpaired) electrons. The topological polar surface area (TPSA) is 15.3 Å². The number of rotatable bonds is 7. The first-order valence-corrected chi connectivity index (χ1v) is 7.59. The van der Waals surface area contributed by atoms with Crippen LogP contribution < -0.4 is 10.2 Å². The maximum atomic E-state index is 6.46. The second-order valence-electron chi connectivity index (χ2n) is 5.71. The highest BCUT2D eigenvalue weighted by atomic mass is 35.5. The van der Waals surface area contributed by atoms with Gasteiger partial charge in [0.15, 0.2) is 0 Å². The van der Waals surface area contributed by atoms with E-state index in [9.17, 15) is 0 Å². The molecule has 3 heteroatoms. The van der Waals surface area contributed by atoms with Gasteiger partial charge < -0.3 is 10.2 Å². The molecule has 0 aliphatic rings. The van der Waals surface area contributed by atoms with Gasteiger partial charge in [-0.3, -0.25) is 0 Å². The second-order valence-corrected chi connectivity index (χ2v) is 6.11. The SMILES string of the molecule is CCNCc1ccc(N(CC(C)C)C(C)C)c(Cl)c1. The van der Waals surface area contributed by atoms with E-state index < -0.39 is 0 Å². The number of benzene rings is 1. The second kappa shape index (κ2) is 7.76. The minimum atomic E-state index is 0.458. The van der Waals surface area contributed by atoms with E-state index in [4.69, 9.17) is 11.6 Å². The number of hydrogen-bond acceptors (Lipinski definition) is 2. The van der Waals surface area contributed by atoms with Crippen molar-refractivity contribution in [2.75, 3.05) is 18.0 Å². The van der Waals surface area contributed by atoms with E-state index in [0.717, 1.165) is 30.3 Å². The molecule has 2 nitrogen and oxygen atoms in total. The molecule has 0 amide bonds. The molecule has 0 aromatic heterocycles. The third-order valence-electron chi connectivity index (χ3n) is 3.09. The smallest absolute Gasteiger partial charge is 0.0642 e. The molecule has 19 heavy (non-hydrogen) atoms. The molecule has 0 bridgehead atoms. The lowest BCUT2D eigenvalue weighted by atomic mass is 10.1. The summed E-state index contributed by atoms with van der Waals surface area (Å²) in [6.07, 6.45) is 0. The minimum absolute atomic E-state index is 0.458. The van der Waals surface area contributed by atoms with Crippen molar-refractivity contribution in [3.8, 4) is 0 Å². The van der Waals surface area contributed by atoms with Gasteiger partial charge >= 0.3 is 0 Å². The predicted octanol–water partition coefficient (Wildman–Crippen LogP) is 4.32. The minimum Gasteiger partial charge on any atom is -0.368 e. The van der Waals surface area contributed by atoms with Crippen molar-refractivity contribution in [3.05, 3.63) is 28.8 Å². The first-order chi connectivity index (χ1) is 8.95. The van der Waals surface area contributed by atoms with Crippen LogP contribution in [-0.4, -0.2) is 19.1 Å². The standard InChI is InChI=1S/C16H27ClN2/c1-6-18-10-14-7-8-16(15(17)9-14)19(13(4)5)11-12(2)3/h7-9,12-13,18H,6,10-11H2,1-5H3. The normalized spacial score (nSPS) is 11.4. The van der Waals surface area contributed by atoms with Gasteiger partial charge in [0.05, 0.1) is 10.7 Å². The Morgan fingerprint density at radius 2 is 1.89 bits per heavy atom. The highest BCUT2D eigenvalue weighted by Gasteiger charge is 2.15. The lowest BCUT2D eigenvalue weighted by Crippen LogP contribution is -2.34. The Morgan fingerprint density at radius 3 is 2.37 bits per heavy atom. The molecule has 1 rings (SSSR count). The van der Waals surface area contributed by atoms with Crippen molar-refractivity contribution in [2.24, 2.45) is 5.92 Å². The van der Waals surface area contributed by atoms with Gasteiger partial charge in [-0.1, -0.05) is 38.4 Å². The van der Waals surface area contributed by atoms with Crippen molar-refractivity contribution < 1.29 is 0 Å². The summed E-state index contributed by atoms with van der Waals surface area (Å²) in [5, 5.41) is 4.17. The molecule has 0 atom stereocenters. The van der Waals surface area contributed by atoms with E-state index in [1.54, 1.807) is 0 Å². The average molecular weight is 283 g/mol. The summed E-state index contributed by atoms with van der Waals surface area (Å²) in [7, 11) is 0. The molecule has 0 heterocycles. The van der Waals surface area contributed by atoms with Gasteiger partial charge in [-0.05, 0) is 44.0 Å². The van der Waals surface area contributed by atoms with Crippen molar-refractivity contribution in [1.29, 1.82) is 0 Å². The lowest BCUT2D eigenvalue weighted by molar-refractivity contribution is 0.571. The summed E-state index contributed by atoms with van der Waals surface area (Å²) in [5.74, 6) is 0.625. The number of hydrogen-bond donors (Lipinski definition) is 1. The third-order valence-corrected chi connectivity index (χ3v) is 3.39. The summed E-state index contributed by atoms with van der Waals surface area (Å²) in [6.45, 7) is 13.9. The van der Waals surface area contributed by atoms with Gasteiger partial charge in [0, 0.05) is 19.1 Å². The van der Waals surface area contributed by atoms with E-state index >= 15 is 0 Å². The Hall–Kier alpha value is -0.730. The molecule has 0 aliphatic carbocycles. The van der Waals surface area contributed by atoms with Gasteiger partial charge in [-0.25, -0.2) is 0 Å². The van der Waals surface area contributed by atoms with E-state index in [0.29, 0.717) is 12.0 Å². The van der Waals surface area contributed by atoms with Crippen molar-refractivity contribution in [1.82, 2.24) is 5.32 Å². The van der Waals surface area contributed by atoms with Gasteiger partial charge in [0.2, 0.25) is 0 Å². The Morgan fingerprint density at radius 1 is 1.21 bits per heavy atom. The highest BCUT2D eigenvalue weighted by Crippen LogP contribution is 2.29. The summed E-state index contributed by atoms with van der Waals surface area (Å²) < 4.78 is 0. The molecule has 0 saturated heterocycles. The van der Waals surface area contributed by atoms with E-state index in [1.165, 1.54) is 5.56 Å². The Bertz CT molecular complexity index is 388. The molecule has 1 aromatic carbocycles. The zero-order valence-corrected chi connectivity index (χ0v) is 13.6. The first kappa shape index (κ1) is 16.3. The van der Waals surface area contributed by atoms with Crippen LogP contribution in [0.4, 0.5) is 5.69 Å². The number of nitrogens with zero attached hydrogens (tertiary/aromatic N) is 1. The van der Waals surface area contributed by atoms with E-state index in [2.05, 4.69) is 63.0 Å². The van der Waals surface area contributed by atoms with Crippen LogP contribution in [-0.2, 0) is 6.54 Å². The number of halogens is 1. The summed E-state index contributed by atoms with van der Waals surface area (Å²) in [6, 6.07) is 6.85. The van der Waals surface area contributed by atoms with Crippen LogP contribution in [0.15, 0.2) is 18.2 Å². The fraction of sp³-hybridized carbons (Fsp3) is 0.625. The maximum Gasteiger partial charge on any atom is 0.0642 e. The molecule has 0 unspecified atom stereocenters. The third kappa shape index (κ3) is 5.04. The average Bonchev–Trinajstić information content (AvgIpc) is 2.33. The highest BCUT2D eigenvalue weighted by molar-refractivity contribution is 6.33. The van der Waals surface area contributed by atoms with Crippen molar-refractivity contribution in [3.63, 3.8) is 0 Å². The zero-order valence-electron chi connectivity index (χ0n) is 12.8. The summed E-state index contributed by atoms with van der Waals surface area (Å²) in [5.41, 5.74) is 2.38. The molecule has 0 fully saturated rings. The van der Waals surface area contributed by atoms with Gasteiger partial charge in [-0.2, -0.15) is 0 Å². The monoisotopic (exact) mass is 282 g/mol. The van der Waals surface area contributed by atoms with Crippen LogP contribution in [0.3, 0.4) is 0 Å². The molecule has 1 aromatic rings. The zero-order chi connectivity index (χ0) is 14.4. The summed E-state index contributed by atoms with van der Waals surface area (Å²) >= 11 is 6.46. The van der Waals surface area contributed by atoms with Crippen LogP contribution in [0.25, 0.3) is 0 Å². The van der Waals surface area contributed by atoms with Crippen molar-refractivity contribution >= 4 is 17.3 Å². The van der Waals surface area contributed by atoms with E-state index in [-0.39, 0.29) is 0 Å². The quantitative estimate of drug-likeness (QED) is 0.801. The maximum absolute atomic E-state index is 6.46. The fourth-order valence-electron chi connectivity index (χ4n) is 2.14. The molecule has 1 N–H and O–H groups in total. The Balaban J connectivity index is 2.91. The van der Waals surface area contributed by atoms with Crippen LogP contribution in [0, 0.1) is 5.92 Å².